The number of hydrogen-bond donors (Lipinski definition) is 2. The largest absolute Gasteiger partial charge is 0.468 e. The van der Waals surface area contributed by atoms with Crippen LogP contribution in [0.1, 0.15) is 0 Å². The lowest BCUT2D eigenvalue weighted by Crippen LogP contribution is -2.37. The molecular weight excluding hydrogens is 220 g/mol. The molecule has 0 aromatic heterocycles. The fourth-order valence-corrected chi connectivity index (χ4v) is 1.68. The lowest BCUT2D eigenvalue weighted by Gasteiger charge is -2.11. The van der Waals surface area contributed by atoms with Crippen LogP contribution in [0.5, 0.6) is 0 Å². The molecule has 0 spiro atoms. The first-order chi connectivity index (χ1) is 7.02. The van der Waals surface area contributed by atoms with Crippen LogP contribution in [0.4, 0.5) is 0 Å². The highest BCUT2D eigenvalue weighted by Gasteiger charge is 2.17. The van der Waals surface area contributed by atoms with E-state index in [1.54, 1.807) is 0 Å². The molecule has 0 aliphatic rings. The molecule has 0 aliphatic heterocycles. The van der Waals surface area contributed by atoms with Gasteiger partial charge in [-0.05, 0) is 0 Å². The molecule has 0 aromatic carbocycles. The number of esters is 2. The van der Waals surface area contributed by atoms with Crippen LogP contribution in [-0.4, -0.2) is 49.7 Å². The molecule has 0 rings (SSSR count). The average molecular weight is 236 g/mol. The predicted molar refractivity (Wildman–Crippen MR) is 57.3 cm³/mol. The van der Waals surface area contributed by atoms with E-state index in [-0.39, 0.29) is 0 Å². The Morgan fingerprint density at radius 3 is 1.67 bits per heavy atom. The van der Waals surface area contributed by atoms with Gasteiger partial charge in [-0.3, -0.25) is 9.59 Å². The SMILES string of the molecule is COC(=O)[C@@H](N)CSC[C@H](N)C(=O)OC. The molecule has 0 saturated heterocycles. The molecule has 0 amide bonds. The van der Waals surface area contributed by atoms with Gasteiger partial charge < -0.3 is 20.9 Å². The Bertz CT molecular complexity index is 203. The van der Waals surface area contributed by atoms with Crippen LogP contribution >= 0.6 is 11.8 Å². The maximum Gasteiger partial charge on any atom is 0.323 e. The molecule has 0 fully saturated rings. The molecule has 0 aromatic rings. The van der Waals surface area contributed by atoms with Crippen LogP contribution in [0.3, 0.4) is 0 Å². The maximum atomic E-state index is 10.9. The summed E-state index contributed by atoms with van der Waals surface area (Å²) in [6.45, 7) is 0. The average Bonchev–Trinajstić information content (AvgIpc) is 2.26. The Balaban J connectivity index is 3.70. The second kappa shape index (κ2) is 7.49. The van der Waals surface area contributed by atoms with E-state index in [2.05, 4.69) is 9.47 Å². The van der Waals surface area contributed by atoms with Crippen molar-refractivity contribution in [1.82, 2.24) is 0 Å². The third kappa shape index (κ3) is 5.60. The summed E-state index contributed by atoms with van der Waals surface area (Å²) in [6.07, 6.45) is 0. The fourth-order valence-electron chi connectivity index (χ4n) is 0.761. The Kier molecular flexibility index (Phi) is 7.10. The molecule has 0 saturated carbocycles. The molecule has 0 radical (unpaired) electrons. The maximum absolute atomic E-state index is 10.9. The first kappa shape index (κ1) is 14.2. The van der Waals surface area contributed by atoms with Gasteiger partial charge in [0.05, 0.1) is 14.2 Å². The van der Waals surface area contributed by atoms with Crippen molar-refractivity contribution in [2.24, 2.45) is 11.5 Å². The van der Waals surface area contributed by atoms with Crippen LogP contribution in [0.15, 0.2) is 0 Å². The topological polar surface area (TPSA) is 105 Å². The molecular formula is C8H16N2O4S. The van der Waals surface area contributed by atoms with Gasteiger partial charge in [0.1, 0.15) is 12.1 Å². The Hall–Kier alpha value is -0.790. The minimum absolute atomic E-state index is 0.358. The standard InChI is InChI=1S/C8H16N2O4S/c1-13-7(11)5(9)3-15-4-6(10)8(12)14-2/h5-6H,3-4,9-10H2,1-2H3/t5-,6-/m0/s1. The molecule has 0 unspecified atom stereocenters. The second-order valence-corrected chi connectivity index (χ2v) is 3.87. The van der Waals surface area contributed by atoms with E-state index in [0.29, 0.717) is 11.5 Å². The number of rotatable bonds is 6. The number of nitrogens with two attached hydrogens (primary N) is 2. The van der Waals surface area contributed by atoms with Crippen molar-refractivity contribution in [2.45, 2.75) is 12.1 Å². The summed E-state index contributed by atoms with van der Waals surface area (Å²) in [5, 5.41) is 0. The second-order valence-electron chi connectivity index (χ2n) is 2.80. The molecule has 7 heteroatoms. The number of thioether (sulfide) groups is 1. The Morgan fingerprint density at radius 2 is 1.40 bits per heavy atom. The number of ether oxygens (including phenoxy) is 2. The summed E-state index contributed by atoms with van der Waals surface area (Å²) >= 11 is 1.31. The van der Waals surface area contributed by atoms with E-state index in [9.17, 15) is 9.59 Å². The number of carbonyl (C=O) groups excluding carboxylic acids is 2. The Labute approximate surface area is 92.6 Å². The zero-order valence-corrected chi connectivity index (χ0v) is 9.58. The first-order valence-electron chi connectivity index (χ1n) is 4.27. The zero-order valence-electron chi connectivity index (χ0n) is 8.76. The van der Waals surface area contributed by atoms with Gasteiger partial charge in [0.2, 0.25) is 0 Å². The highest BCUT2D eigenvalue weighted by Crippen LogP contribution is 2.05. The third-order valence-electron chi connectivity index (χ3n) is 1.60. The van der Waals surface area contributed by atoms with Crippen LogP contribution < -0.4 is 11.5 Å². The smallest absolute Gasteiger partial charge is 0.323 e. The normalized spacial score (nSPS) is 14.1. The minimum atomic E-state index is -0.690. The lowest BCUT2D eigenvalue weighted by atomic mass is 10.4. The van der Waals surface area contributed by atoms with Crippen LogP contribution in [0, 0.1) is 0 Å². The van der Waals surface area contributed by atoms with Crippen molar-refractivity contribution in [3.05, 3.63) is 0 Å². The molecule has 0 aliphatic carbocycles. The van der Waals surface area contributed by atoms with E-state index in [0.717, 1.165) is 0 Å². The quantitative estimate of drug-likeness (QED) is 0.553. The van der Waals surface area contributed by atoms with E-state index < -0.39 is 24.0 Å². The van der Waals surface area contributed by atoms with Crippen molar-refractivity contribution in [3.63, 3.8) is 0 Å². The monoisotopic (exact) mass is 236 g/mol. The van der Waals surface area contributed by atoms with Gasteiger partial charge in [0.15, 0.2) is 0 Å². The minimum Gasteiger partial charge on any atom is -0.468 e. The highest BCUT2D eigenvalue weighted by molar-refractivity contribution is 7.99. The molecule has 15 heavy (non-hydrogen) atoms. The molecule has 6 nitrogen and oxygen atoms in total. The van der Waals surface area contributed by atoms with Gasteiger partial charge in [-0.2, -0.15) is 11.8 Å². The summed E-state index contributed by atoms with van der Waals surface area (Å²) in [5.74, 6) is -0.238. The van der Waals surface area contributed by atoms with Gasteiger partial charge >= 0.3 is 11.9 Å². The van der Waals surface area contributed by atoms with Gasteiger partial charge in [-0.1, -0.05) is 0 Å². The summed E-state index contributed by atoms with van der Waals surface area (Å²) < 4.78 is 8.88. The number of hydrogen-bond acceptors (Lipinski definition) is 7. The summed E-state index contributed by atoms with van der Waals surface area (Å²) in [7, 11) is 2.54. The zero-order chi connectivity index (χ0) is 11.8. The van der Waals surface area contributed by atoms with E-state index in [1.807, 2.05) is 0 Å². The molecule has 0 heterocycles. The van der Waals surface area contributed by atoms with Gasteiger partial charge in [0.25, 0.3) is 0 Å². The van der Waals surface area contributed by atoms with Crippen molar-refractivity contribution in [2.75, 3.05) is 25.7 Å². The van der Waals surface area contributed by atoms with Gasteiger partial charge in [-0.15, -0.1) is 0 Å². The van der Waals surface area contributed by atoms with E-state index in [4.69, 9.17) is 11.5 Å². The van der Waals surface area contributed by atoms with Crippen LogP contribution in [0.2, 0.25) is 0 Å². The van der Waals surface area contributed by atoms with Crippen LogP contribution in [-0.2, 0) is 19.1 Å². The van der Waals surface area contributed by atoms with Crippen molar-refractivity contribution >= 4 is 23.7 Å². The van der Waals surface area contributed by atoms with Gasteiger partial charge in [0, 0.05) is 11.5 Å². The van der Waals surface area contributed by atoms with Crippen molar-refractivity contribution in [1.29, 1.82) is 0 Å². The van der Waals surface area contributed by atoms with E-state index in [1.165, 1.54) is 26.0 Å². The number of methoxy groups -OCH3 is 2. The molecule has 2 atom stereocenters. The highest BCUT2D eigenvalue weighted by atomic mass is 32.2. The molecule has 0 bridgehead atoms. The molecule has 4 N–H and O–H groups in total. The Morgan fingerprint density at radius 1 is 1.07 bits per heavy atom. The predicted octanol–water partition coefficient (Wildman–Crippen LogP) is -1.28. The van der Waals surface area contributed by atoms with Crippen molar-refractivity contribution in [3.8, 4) is 0 Å². The number of carbonyl (C=O) groups is 2. The summed E-state index contributed by atoms with van der Waals surface area (Å²) in [6, 6.07) is -1.38. The van der Waals surface area contributed by atoms with Crippen molar-refractivity contribution < 1.29 is 19.1 Å². The fraction of sp³-hybridized carbons (Fsp3) is 0.750. The molecule has 88 valence electrons. The summed E-state index contributed by atoms with van der Waals surface area (Å²) in [5.41, 5.74) is 10.9. The first-order valence-corrected chi connectivity index (χ1v) is 5.43. The summed E-state index contributed by atoms with van der Waals surface area (Å²) in [4.78, 5) is 21.8. The van der Waals surface area contributed by atoms with Crippen LogP contribution in [0.25, 0.3) is 0 Å². The van der Waals surface area contributed by atoms with E-state index >= 15 is 0 Å². The van der Waals surface area contributed by atoms with Gasteiger partial charge in [-0.25, -0.2) is 0 Å². The third-order valence-corrected chi connectivity index (χ3v) is 2.79. The lowest BCUT2D eigenvalue weighted by molar-refractivity contribution is -0.142.